The number of fused-ring (bicyclic) bond motifs is 3. The van der Waals surface area contributed by atoms with E-state index in [9.17, 15) is 34.8 Å². The van der Waals surface area contributed by atoms with Crippen LogP contribution in [0.1, 0.15) is 24.0 Å². The van der Waals surface area contributed by atoms with Crippen LogP contribution in [-0.2, 0) is 20.8 Å². The molecule has 6 N–H and O–H groups in total. The molecule has 1 heterocycles. The number of aliphatic hydroxyl groups is 3. The highest BCUT2D eigenvalue weighted by atomic mass is 16.3. The maximum atomic E-state index is 13.4. The molecule has 0 bridgehead atoms. The Kier molecular flexibility index (Phi) is 4.09. The lowest BCUT2D eigenvalue weighted by molar-refractivity contribution is -0.147. The molecule has 2 aromatic rings. The number of phenols is 1. The van der Waals surface area contributed by atoms with Gasteiger partial charge in [-0.3, -0.25) is 14.4 Å². The van der Waals surface area contributed by atoms with Crippen molar-refractivity contribution < 1.29 is 34.8 Å². The smallest absolute Gasteiger partial charge is 0.255 e. The molecule has 164 valence electrons. The van der Waals surface area contributed by atoms with Gasteiger partial charge in [-0.2, -0.15) is 5.10 Å². The summed E-state index contributed by atoms with van der Waals surface area (Å²) < 4.78 is 1.56. The number of rotatable bonds is 2. The summed E-state index contributed by atoms with van der Waals surface area (Å²) in [5.41, 5.74) is 2.81. The van der Waals surface area contributed by atoms with Gasteiger partial charge in [0.15, 0.2) is 11.4 Å². The Bertz CT molecular complexity index is 1270. The number of aromatic nitrogens is 2. The van der Waals surface area contributed by atoms with Crippen molar-refractivity contribution in [3.8, 4) is 11.4 Å². The Balaban J connectivity index is 1.72. The summed E-state index contributed by atoms with van der Waals surface area (Å²) in [7, 11) is 0. The van der Waals surface area contributed by atoms with Crippen LogP contribution in [0, 0.1) is 11.8 Å². The fourth-order valence-corrected chi connectivity index (χ4v) is 5.23. The van der Waals surface area contributed by atoms with E-state index in [0.29, 0.717) is 11.3 Å². The lowest BCUT2D eigenvalue weighted by atomic mass is 9.59. The minimum absolute atomic E-state index is 0.0325. The quantitative estimate of drug-likeness (QED) is 0.424. The second-order valence-electron chi connectivity index (χ2n) is 8.31. The Labute approximate surface area is 180 Å². The Morgan fingerprint density at radius 1 is 1.19 bits per heavy atom. The minimum Gasteiger partial charge on any atom is -0.508 e. The van der Waals surface area contributed by atoms with Crippen molar-refractivity contribution in [3.05, 3.63) is 58.6 Å². The highest BCUT2D eigenvalue weighted by Crippen LogP contribution is 2.52. The molecule has 10 heteroatoms. The number of benzene rings is 1. The molecule has 32 heavy (non-hydrogen) atoms. The van der Waals surface area contributed by atoms with Crippen molar-refractivity contribution in [1.82, 2.24) is 9.78 Å². The van der Waals surface area contributed by atoms with E-state index in [4.69, 9.17) is 5.73 Å². The third-order valence-electron chi connectivity index (χ3n) is 6.67. The highest BCUT2D eigenvalue weighted by Gasteiger charge is 2.60. The van der Waals surface area contributed by atoms with E-state index in [1.165, 1.54) is 6.07 Å². The molecule has 1 amide bonds. The molecule has 3 aliphatic carbocycles. The first-order valence-corrected chi connectivity index (χ1v) is 9.98. The number of carbonyl (C=O) groups is 3. The topological polar surface area (TPSA) is 176 Å². The normalized spacial score (nSPS) is 27.2. The predicted molar refractivity (Wildman–Crippen MR) is 109 cm³/mol. The van der Waals surface area contributed by atoms with E-state index in [1.54, 1.807) is 29.2 Å². The summed E-state index contributed by atoms with van der Waals surface area (Å²) in [6, 6.07) is 4.71. The molecular formula is C22H19N3O7. The maximum absolute atomic E-state index is 13.4. The van der Waals surface area contributed by atoms with Crippen molar-refractivity contribution in [2.45, 2.75) is 24.9 Å². The Morgan fingerprint density at radius 3 is 2.59 bits per heavy atom. The average molecular weight is 437 g/mol. The van der Waals surface area contributed by atoms with Gasteiger partial charge in [0, 0.05) is 30.3 Å². The third-order valence-corrected chi connectivity index (χ3v) is 6.67. The monoisotopic (exact) mass is 437 g/mol. The summed E-state index contributed by atoms with van der Waals surface area (Å²) >= 11 is 0. The fourth-order valence-electron chi connectivity index (χ4n) is 5.23. The molecule has 0 saturated heterocycles. The Morgan fingerprint density at radius 2 is 1.94 bits per heavy atom. The first-order chi connectivity index (χ1) is 15.2. The number of phenolic OH excluding ortho intramolecular Hbond substituents is 1. The molecule has 1 aromatic carbocycles. The summed E-state index contributed by atoms with van der Waals surface area (Å²) in [5.74, 6) is -6.48. The van der Waals surface area contributed by atoms with Gasteiger partial charge in [-0.1, -0.05) is 0 Å². The zero-order chi connectivity index (χ0) is 22.9. The summed E-state index contributed by atoms with van der Waals surface area (Å²) in [4.78, 5) is 37.5. The van der Waals surface area contributed by atoms with Crippen LogP contribution in [0.5, 0.6) is 5.75 Å². The second kappa shape index (κ2) is 6.54. The lowest BCUT2D eigenvalue weighted by Gasteiger charge is -2.46. The molecular weight excluding hydrogens is 418 g/mol. The van der Waals surface area contributed by atoms with Crippen LogP contribution >= 0.6 is 0 Å². The van der Waals surface area contributed by atoms with Crippen molar-refractivity contribution in [3.63, 3.8) is 0 Å². The fraction of sp³-hybridized carbons (Fsp3) is 0.273. The van der Waals surface area contributed by atoms with Crippen molar-refractivity contribution in [2.24, 2.45) is 17.6 Å². The van der Waals surface area contributed by atoms with Gasteiger partial charge in [0.2, 0.25) is 5.78 Å². The number of primary amides is 1. The summed E-state index contributed by atoms with van der Waals surface area (Å²) in [5, 5.41) is 47.5. The first-order valence-electron chi connectivity index (χ1n) is 9.98. The van der Waals surface area contributed by atoms with Crippen LogP contribution in [0.25, 0.3) is 11.4 Å². The van der Waals surface area contributed by atoms with Crippen LogP contribution in [-0.4, -0.2) is 53.3 Å². The van der Waals surface area contributed by atoms with Gasteiger partial charge in [-0.05, 0) is 42.5 Å². The van der Waals surface area contributed by atoms with Crippen LogP contribution in [0.4, 0.5) is 0 Å². The van der Waals surface area contributed by atoms with Crippen LogP contribution < -0.4 is 5.73 Å². The predicted octanol–water partition coefficient (Wildman–Crippen LogP) is 0.610. The number of nitrogens with zero attached hydrogens (tertiary/aromatic N) is 2. The molecule has 10 nitrogen and oxygen atoms in total. The van der Waals surface area contributed by atoms with Gasteiger partial charge < -0.3 is 26.2 Å². The molecule has 1 saturated carbocycles. The maximum Gasteiger partial charge on any atom is 0.255 e. The molecule has 3 aliphatic rings. The van der Waals surface area contributed by atoms with Gasteiger partial charge in [0.1, 0.15) is 22.8 Å². The molecule has 0 unspecified atom stereocenters. The number of carbonyl (C=O) groups excluding carboxylic acids is 3. The summed E-state index contributed by atoms with van der Waals surface area (Å²) in [6.45, 7) is 0. The SMILES string of the molecule is NC(=O)C1=C(O)[C@@]2(O)C(=O)C3=C(O)c4c(O)ccc(-n5cccn5)c4C[C@H]3C[C@H]2CC1=O. The minimum atomic E-state index is -2.56. The lowest BCUT2D eigenvalue weighted by Crippen LogP contribution is -2.58. The molecule has 5 rings (SSSR count). The van der Waals surface area contributed by atoms with Gasteiger partial charge in [-0.25, -0.2) is 4.68 Å². The zero-order valence-corrected chi connectivity index (χ0v) is 16.6. The molecule has 1 aromatic heterocycles. The standard InChI is InChI=1S/C22H19N3O7/c23-21(31)17-14(27)8-10-6-9-7-11-12(25-5-1-4-24-25)2-3-13(26)16(11)18(28)15(9)19(29)22(10,32)20(17)30/h1-5,9-10,26,28,30,32H,6-8H2,(H2,23,31)/t9-,10+,22+/m1/s1. The largest absolute Gasteiger partial charge is 0.508 e. The summed E-state index contributed by atoms with van der Waals surface area (Å²) in [6.07, 6.45) is 3.22. The number of hydrogen-bond donors (Lipinski definition) is 5. The second-order valence-corrected chi connectivity index (χ2v) is 8.31. The van der Waals surface area contributed by atoms with E-state index < -0.39 is 52.0 Å². The van der Waals surface area contributed by atoms with E-state index >= 15 is 0 Å². The average Bonchev–Trinajstić information content (AvgIpc) is 3.25. The van der Waals surface area contributed by atoms with E-state index in [1.807, 2.05) is 0 Å². The van der Waals surface area contributed by atoms with Gasteiger partial charge in [0.25, 0.3) is 5.91 Å². The van der Waals surface area contributed by atoms with Crippen LogP contribution in [0.15, 0.2) is 47.5 Å². The van der Waals surface area contributed by atoms with Crippen LogP contribution in [0.2, 0.25) is 0 Å². The zero-order valence-electron chi connectivity index (χ0n) is 16.6. The van der Waals surface area contributed by atoms with Crippen molar-refractivity contribution in [2.75, 3.05) is 0 Å². The van der Waals surface area contributed by atoms with E-state index in [2.05, 4.69) is 5.10 Å². The number of aromatic hydroxyl groups is 1. The van der Waals surface area contributed by atoms with Crippen LogP contribution in [0.3, 0.4) is 0 Å². The van der Waals surface area contributed by atoms with Crippen molar-refractivity contribution in [1.29, 1.82) is 0 Å². The number of nitrogens with two attached hydrogens (primary N) is 1. The van der Waals surface area contributed by atoms with Gasteiger partial charge in [-0.15, -0.1) is 0 Å². The number of ketones is 2. The van der Waals surface area contributed by atoms with Gasteiger partial charge >= 0.3 is 0 Å². The molecule has 1 fully saturated rings. The Hall–Kier alpha value is -3.92. The van der Waals surface area contributed by atoms with Crippen molar-refractivity contribution >= 4 is 23.2 Å². The molecule has 3 atom stereocenters. The van der Waals surface area contributed by atoms with E-state index in [0.717, 1.165) is 0 Å². The highest BCUT2D eigenvalue weighted by molar-refractivity contribution is 6.22. The molecule has 0 aliphatic heterocycles. The number of amides is 1. The first kappa shape index (κ1) is 20.0. The number of aliphatic hydroxyl groups excluding tert-OH is 2. The number of Topliss-reactive ketones (excluding diaryl/α,β-unsaturated/α-hetero) is 2. The van der Waals surface area contributed by atoms with Gasteiger partial charge in [0.05, 0.1) is 11.3 Å². The van der Waals surface area contributed by atoms with E-state index in [-0.39, 0.29) is 36.1 Å². The molecule has 0 radical (unpaired) electrons. The third kappa shape index (κ3) is 2.43. The molecule has 0 spiro atoms. The number of hydrogen-bond acceptors (Lipinski definition) is 8.